The number of rotatable bonds is 9. The molecule has 1 fully saturated rings. The van der Waals surface area contributed by atoms with Crippen molar-refractivity contribution < 1.29 is 9.90 Å². The number of hydrogen-bond acceptors (Lipinski definition) is 6. The van der Waals surface area contributed by atoms with E-state index in [4.69, 9.17) is 5.73 Å². The number of phenols is 1. The normalized spacial score (nSPS) is 21.3. The van der Waals surface area contributed by atoms with Gasteiger partial charge in [-0.05, 0) is 112 Å². The van der Waals surface area contributed by atoms with Crippen molar-refractivity contribution in [3.8, 4) is 16.9 Å². The van der Waals surface area contributed by atoms with Gasteiger partial charge in [-0.15, -0.1) is 11.3 Å². The van der Waals surface area contributed by atoms with Crippen LogP contribution in [-0.4, -0.2) is 46.1 Å². The number of phenolic OH excluding ortho intramolecular Hbond substituents is 1. The van der Waals surface area contributed by atoms with Crippen LogP contribution in [0.1, 0.15) is 72.8 Å². The molecule has 1 heterocycles. The van der Waals surface area contributed by atoms with Gasteiger partial charge in [0, 0.05) is 22.5 Å². The van der Waals surface area contributed by atoms with Crippen molar-refractivity contribution in [1.82, 2.24) is 15.2 Å². The molecule has 1 amide bonds. The number of nitrogen functional groups attached to an aromatic ring is 1. The Morgan fingerprint density at radius 2 is 1.87 bits per heavy atom. The highest BCUT2D eigenvalue weighted by molar-refractivity contribution is 7.15. The second-order valence-corrected chi connectivity index (χ2v) is 12.1. The van der Waals surface area contributed by atoms with E-state index in [9.17, 15) is 9.90 Å². The first-order chi connectivity index (χ1) is 18.5. The van der Waals surface area contributed by atoms with Gasteiger partial charge >= 0.3 is 0 Å². The largest absolute Gasteiger partial charge is 0.508 e. The molecule has 2 aromatic carbocycles. The third-order valence-electron chi connectivity index (χ3n) is 8.29. The molecule has 2 aliphatic rings. The molecule has 202 valence electrons. The number of anilines is 1. The van der Waals surface area contributed by atoms with Crippen LogP contribution in [0.2, 0.25) is 0 Å². The molecule has 4 N–H and O–H groups in total. The molecule has 38 heavy (non-hydrogen) atoms. The van der Waals surface area contributed by atoms with Crippen molar-refractivity contribution in [3.05, 3.63) is 64.7 Å². The monoisotopic (exact) mass is 532 g/mol. The number of carbonyl (C=O) groups is 1. The van der Waals surface area contributed by atoms with E-state index >= 15 is 0 Å². The van der Waals surface area contributed by atoms with Crippen molar-refractivity contribution in [2.45, 2.75) is 76.8 Å². The summed E-state index contributed by atoms with van der Waals surface area (Å²) in [6.45, 7) is 4.60. The third-order valence-corrected chi connectivity index (χ3v) is 9.24. The smallest absolute Gasteiger partial charge is 0.251 e. The van der Waals surface area contributed by atoms with Gasteiger partial charge in [0.15, 0.2) is 5.13 Å². The number of aryl methyl sites for hydroxylation is 1. The minimum atomic E-state index is 0.00500. The van der Waals surface area contributed by atoms with Gasteiger partial charge in [-0.3, -0.25) is 4.79 Å². The molecule has 0 bridgehead atoms. The van der Waals surface area contributed by atoms with Crippen LogP contribution in [0.5, 0.6) is 5.75 Å². The SMILES string of the molecule is CCCN(CCC1CCC(NC(=O)c2ccc(-c3cccc(O)c3)cc2)CC1)C1CCc2nc(N)sc2C1. The standard InChI is InChI=1S/C31H40N4O2S/c1-2-17-35(26-14-15-28-29(20-26)38-31(32)34-28)18-16-21-6-12-25(13-7-21)33-30(37)23-10-8-22(9-11-23)24-4-3-5-27(36)19-24/h3-5,8-11,19,21,25-26,36H,2,6-7,12-18,20H2,1H3,(H2,32,34)(H,33,37). The fourth-order valence-corrected chi connectivity index (χ4v) is 7.11. The molecule has 7 heteroatoms. The number of benzene rings is 2. The van der Waals surface area contributed by atoms with E-state index in [1.807, 2.05) is 36.4 Å². The molecular formula is C31H40N4O2S. The molecule has 2 aliphatic carbocycles. The van der Waals surface area contributed by atoms with E-state index in [1.54, 1.807) is 23.5 Å². The van der Waals surface area contributed by atoms with Crippen molar-refractivity contribution in [2.75, 3.05) is 18.8 Å². The molecular weight excluding hydrogens is 492 g/mol. The van der Waals surface area contributed by atoms with Gasteiger partial charge < -0.3 is 21.1 Å². The number of aromatic nitrogens is 1. The van der Waals surface area contributed by atoms with Gasteiger partial charge in [0.2, 0.25) is 0 Å². The fraction of sp³-hybridized carbons (Fsp3) is 0.484. The van der Waals surface area contributed by atoms with Crippen LogP contribution >= 0.6 is 11.3 Å². The average molecular weight is 533 g/mol. The van der Waals surface area contributed by atoms with Gasteiger partial charge in [0.1, 0.15) is 5.75 Å². The minimum absolute atomic E-state index is 0.00500. The maximum Gasteiger partial charge on any atom is 0.251 e. The Bertz CT molecular complexity index is 1220. The van der Waals surface area contributed by atoms with Gasteiger partial charge in [-0.25, -0.2) is 4.98 Å². The van der Waals surface area contributed by atoms with E-state index in [-0.39, 0.29) is 17.7 Å². The number of carbonyl (C=O) groups excluding carboxylic acids is 1. The van der Waals surface area contributed by atoms with E-state index in [2.05, 4.69) is 22.1 Å². The first-order valence-electron chi connectivity index (χ1n) is 14.2. The fourth-order valence-electron chi connectivity index (χ4n) is 6.17. The van der Waals surface area contributed by atoms with Crippen LogP contribution < -0.4 is 11.1 Å². The molecule has 1 aromatic heterocycles. The number of nitrogens with one attached hydrogen (secondary N) is 1. The zero-order valence-electron chi connectivity index (χ0n) is 22.4. The highest BCUT2D eigenvalue weighted by Gasteiger charge is 2.28. The first kappa shape index (κ1) is 26.7. The molecule has 1 atom stereocenters. The summed E-state index contributed by atoms with van der Waals surface area (Å²) in [5.41, 5.74) is 9.80. The Hall–Kier alpha value is -2.90. The van der Waals surface area contributed by atoms with Crippen LogP contribution in [0, 0.1) is 5.92 Å². The molecule has 0 spiro atoms. The summed E-state index contributed by atoms with van der Waals surface area (Å²) < 4.78 is 0. The molecule has 6 nitrogen and oxygen atoms in total. The van der Waals surface area contributed by atoms with Crippen molar-refractivity contribution in [1.29, 1.82) is 0 Å². The van der Waals surface area contributed by atoms with Gasteiger partial charge in [0.05, 0.1) is 5.69 Å². The van der Waals surface area contributed by atoms with Gasteiger partial charge in [0.25, 0.3) is 5.91 Å². The van der Waals surface area contributed by atoms with Gasteiger partial charge in [-0.2, -0.15) is 0 Å². The predicted octanol–water partition coefficient (Wildman–Crippen LogP) is 6.05. The second kappa shape index (κ2) is 12.3. The van der Waals surface area contributed by atoms with Crippen molar-refractivity contribution >= 4 is 22.4 Å². The van der Waals surface area contributed by atoms with Crippen LogP contribution in [0.3, 0.4) is 0 Å². The molecule has 0 radical (unpaired) electrons. The second-order valence-electron chi connectivity index (χ2n) is 11.0. The summed E-state index contributed by atoms with van der Waals surface area (Å²) in [7, 11) is 0. The number of thiazole rings is 1. The van der Waals surface area contributed by atoms with Crippen LogP contribution in [0.25, 0.3) is 11.1 Å². The summed E-state index contributed by atoms with van der Waals surface area (Å²) in [6.07, 6.45) is 10.2. The zero-order chi connectivity index (χ0) is 26.5. The summed E-state index contributed by atoms with van der Waals surface area (Å²) >= 11 is 1.68. The lowest BCUT2D eigenvalue weighted by Crippen LogP contribution is -2.41. The zero-order valence-corrected chi connectivity index (χ0v) is 23.2. The molecule has 5 rings (SSSR count). The summed E-state index contributed by atoms with van der Waals surface area (Å²) in [5, 5.41) is 13.7. The van der Waals surface area contributed by atoms with Crippen LogP contribution in [-0.2, 0) is 12.8 Å². The van der Waals surface area contributed by atoms with E-state index in [1.165, 1.54) is 42.7 Å². The van der Waals surface area contributed by atoms with E-state index < -0.39 is 0 Å². The van der Waals surface area contributed by atoms with Crippen LogP contribution in [0.4, 0.5) is 5.13 Å². The lowest BCUT2D eigenvalue weighted by molar-refractivity contribution is 0.0918. The maximum atomic E-state index is 12.9. The Morgan fingerprint density at radius 1 is 1.08 bits per heavy atom. The topological polar surface area (TPSA) is 91.5 Å². The summed E-state index contributed by atoms with van der Waals surface area (Å²) in [5.74, 6) is 0.986. The van der Waals surface area contributed by atoms with Crippen LogP contribution in [0.15, 0.2) is 48.5 Å². The first-order valence-corrected chi connectivity index (χ1v) is 15.0. The number of nitrogens with zero attached hydrogens (tertiary/aromatic N) is 2. The Morgan fingerprint density at radius 3 is 2.61 bits per heavy atom. The van der Waals surface area contributed by atoms with E-state index in [0.717, 1.165) is 55.8 Å². The highest BCUT2D eigenvalue weighted by atomic mass is 32.1. The number of amides is 1. The van der Waals surface area contributed by atoms with E-state index in [0.29, 0.717) is 16.7 Å². The van der Waals surface area contributed by atoms with Crippen molar-refractivity contribution in [2.24, 2.45) is 5.92 Å². The quantitative estimate of drug-likeness (QED) is 0.312. The average Bonchev–Trinajstić information content (AvgIpc) is 3.31. The summed E-state index contributed by atoms with van der Waals surface area (Å²) in [6, 6.07) is 15.7. The lowest BCUT2D eigenvalue weighted by Gasteiger charge is -2.36. The maximum absolute atomic E-state index is 12.9. The molecule has 0 saturated heterocycles. The molecule has 3 aromatic rings. The number of nitrogens with two attached hydrogens (primary N) is 1. The molecule has 0 aliphatic heterocycles. The number of hydrogen-bond donors (Lipinski definition) is 3. The van der Waals surface area contributed by atoms with Crippen molar-refractivity contribution in [3.63, 3.8) is 0 Å². The minimum Gasteiger partial charge on any atom is -0.508 e. The number of fused-ring (bicyclic) bond motifs is 1. The Labute approximate surface area is 230 Å². The Balaban J connectivity index is 1.07. The van der Waals surface area contributed by atoms with Gasteiger partial charge in [-0.1, -0.05) is 31.2 Å². The predicted molar refractivity (Wildman–Crippen MR) is 156 cm³/mol. The number of aromatic hydroxyl groups is 1. The lowest BCUT2D eigenvalue weighted by atomic mass is 9.83. The Kier molecular flexibility index (Phi) is 8.65. The molecule has 1 saturated carbocycles. The third kappa shape index (κ3) is 6.56. The summed E-state index contributed by atoms with van der Waals surface area (Å²) in [4.78, 5) is 21.5. The highest BCUT2D eigenvalue weighted by Crippen LogP contribution is 2.32. The molecule has 1 unspecified atom stereocenters.